The van der Waals surface area contributed by atoms with Crippen molar-refractivity contribution in [2.45, 2.75) is 0 Å². The van der Waals surface area contributed by atoms with Crippen LogP contribution < -0.4 is 11.1 Å². The van der Waals surface area contributed by atoms with E-state index in [1.54, 1.807) is 18.3 Å². The Morgan fingerprint density at radius 2 is 2.25 bits per heavy atom. The fourth-order valence-electron chi connectivity index (χ4n) is 1.11. The van der Waals surface area contributed by atoms with Crippen LogP contribution in [0.5, 0.6) is 0 Å². The predicted molar refractivity (Wildman–Crippen MR) is 62.9 cm³/mol. The minimum atomic E-state index is -0.371. The van der Waals surface area contributed by atoms with Crippen molar-refractivity contribution in [3.63, 3.8) is 0 Å². The van der Waals surface area contributed by atoms with Gasteiger partial charge < -0.3 is 11.1 Å². The summed E-state index contributed by atoms with van der Waals surface area (Å²) in [6, 6.07) is 3.45. The van der Waals surface area contributed by atoms with Gasteiger partial charge in [0.25, 0.3) is 5.91 Å². The molecule has 2 aromatic rings. The number of carbonyl (C=O) groups excluding carboxylic acids is 1. The van der Waals surface area contributed by atoms with E-state index in [2.05, 4.69) is 36.4 Å². The van der Waals surface area contributed by atoms with Gasteiger partial charge in [-0.15, -0.1) is 0 Å². The van der Waals surface area contributed by atoms with Crippen molar-refractivity contribution >= 4 is 33.3 Å². The molecule has 2 heterocycles. The Bertz CT molecular complexity index is 507. The van der Waals surface area contributed by atoms with Crippen molar-refractivity contribution in [1.82, 2.24) is 15.2 Å². The SMILES string of the molecule is Nc1cn[nH]c1C(=O)Nc1ccc(Br)cn1. The molecule has 0 fully saturated rings. The predicted octanol–water partition coefficient (Wildman–Crippen LogP) is 1.40. The maximum absolute atomic E-state index is 11.7. The summed E-state index contributed by atoms with van der Waals surface area (Å²) in [5.74, 6) is 0.0759. The van der Waals surface area contributed by atoms with E-state index in [0.717, 1.165) is 4.47 Å². The van der Waals surface area contributed by atoms with Crippen molar-refractivity contribution in [3.05, 3.63) is 34.7 Å². The van der Waals surface area contributed by atoms with Gasteiger partial charge in [0.2, 0.25) is 0 Å². The van der Waals surface area contributed by atoms with Crippen LogP contribution in [0.4, 0.5) is 11.5 Å². The molecule has 4 N–H and O–H groups in total. The number of amides is 1. The highest BCUT2D eigenvalue weighted by molar-refractivity contribution is 9.10. The van der Waals surface area contributed by atoms with Crippen LogP contribution in [0.3, 0.4) is 0 Å². The maximum atomic E-state index is 11.7. The van der Waals surface area contributed by atoms with Crippen LogP contribution in [0.1, 0.15) is 10.5 Å². The average molecular weight is 282 g/mol. The van der Waals surface area contributed by atoms with Crippen molar-refractivity contribution in [2.75, 3.05) is 11.1 Å². The number of H-pyrrole nitrogens is 1. The molecule has 82 valence electrons. The van der Waals surface area contributed by atoms with Crippen molar-refractivity contribution in [2.24, 2.45) is 0 Å². The molecule has 0 saturated carbocycles. The Morgan fingerprint density at radius 3 is 2.81 bits per heavy atom. The molecule has 0 atom stereocenters. The van der Waals surface area contributed by atoms with Crippen molar-refractivity contribution < 1.29 is 4.79 Å². The molecule has 0 aliphatic carbocycles. The molecule has 0 aliphatic heterocycles. The second-order valence-corrected chi connectivity index (χ2v) is 3.93. The minimum Gasteiger partial charge on any atom is -0.396 e. The van der Waals surface area contributed by atoms with Gasteiger partial charge in [-0.25, -0.2) is 4.98 Å². The van der Waals surface area contributed by atoms with E-state index < -0.39 is 0 Å². The van der Waals surface area contributed by atoms with Gasteiger partial charge in [0, 0.05) is 10.7 Å². The van der Waals surface area contributed by atoms with E-state index in [9.17, 15) is 4.79 Å². The number of hydrogen-bond acceptors (Lipinski definition) is 4. The lowest BCUT2D eigenvalue weighted by atomic mass is 10.3. The summed E-state index contributed by atoms with van der Waals surface area (Å²) in [6.07, 6.45) is 2.97. The Morgan fingerprint density at radius 1 is 1.44 bits per heavy atom. The number of carbonyl (C=O) groups is 1. The standard InChI is InChI=1S/C9H8BrN5O/c10-5-1-2-7(12-3-5)14-9(16)8-6(11)4-13-15-8/h1-4H,11H2,(H,13,15)(H,12,14,16). The van der Waals surface area contributed by atoms with Crippen LogP contribution in [0, 0.1) is 0 Å². The van der Waals surface area contributed by atoms with Gasteiger partial charge in [-0.3, -0.25) is 9.89 Å². The van der Waals surface area contributed by atoms with Crippen LogP contribution in [0.25, 0.3) is 0 Å². The third kappa shape index (κ3) is 2.19. The molecule has 2 rings (SSSR count). The first-order valence-corrected chi connectivity index (χ1v) is 5.18. The Kier molecular flexibility index (Phi) is 2.86. The molecule has 0 saturated heterocycles. The summed E-state index contributed by atoms with van der Waals surface area (Å²) in [7, 11) is 0. The highest BCUT2D eigenvalue weighted by atomic mass is 79.9. The highest BCUT2D eigenvalue weighted by Gasteiger charge is 2.11. The molecular formula is C9H8BrN5O. The zero-order valence-electron chi connectivity index (χ0n) is 8.07. The van der Waals surface area contributed by atoms with Gasteiger partial charge in [0.05, 0.1) is 11.9 Å². The summed E-state index contributed by atoms with van der Waals surface area (Å²) in [5, 5.41) is 8.76. The average Bonchev–Trinajstić information content (AvgIpc) is 2.68. The summed E-state index contributed by atoms with van der Waals surface area (Å²) in [4.78, 5) is 15.7. The zero-order valence-corrected chi connectivity index (χ0v) is 9.65. The molecule has 7 heteroatoms. The van der Waals surface area contributed by atoms with Gasteiger partial charge in [-0.05, 0) is 28.1 Å². The molecule has 1 amide bonds. The van der Waals surface area contributed by atoms with Crippen molar-refractivity contribution in [1.29, 1.82) is 0 Å². The molecule has 2 aromatic heterocycles. The molecule has 6 nitrogen and oxygen atoms in total. The number of nitrogens with two attached hydrogens (primary N) is 1. The third-order valence-electron chi connectivity index (χ3n) is 1.86. The minimum absolute atomic E-state index is 0.227. The molecule has 0 aliphatic rings. The highest BCUT2D eigenvalue weighted by Crippen LogP contribution is 2.12. The zero-order chi connectivity index (χ0) is 11.5. The van der Waals surface area contributed by atoms with Gasteiger partial charge >= 0.3 is 0 Å². The van der Waals surface area contributed by atoms with Gasteiger partial charge in [0.15, 0.2) is 0 Å². The number of halogens is 1. The van der Waals surface area contributed by atoms with Gasteiger partial charge in [0.1, 0.15) is 11.5 Å². The lowest BCUT2D eigenvalue weighted by Gasteiger charge is -2.02. The van der Waals surface area contributed by atoms with Crippen LogP contribution in [0.15, 0.2) is 29.0 Å². The quantitative estimate of drug-likeness (QED) is 0.775. The molecule has 0 radical (unpaired) electrons. The number of nitrogens with one attached hydrogen (secondary N) is 2. The number of hydrogen-bond donors (Lipinski definition) is 3. The summed E-state index contributed by atoms with van der Waals surface area (Å²) < 4.78 is 0.839. The van der Waals surface area contributed by atoms with Crippen LogP contribution >= 0.6 is 15.9 Å². The Balaban J connectivity index is 2.14. The first-order valence-electron chi connectivity index (χ1n) is 4.38. The van der Waals surface area contributed by atoms with E-state index in [0.29, 0.717) is 11.5 Å². The molecule has 0 bridgehead atoms. The van der Waals surface area contributed by atoms with E-state index in [1.165, 1.54) is 6.20 Å². The van der Waals surface area contributed by atoms with Gasteiger partial charge in [-0.2, -0.15) is 5.10 Å². The molecular weight excluding hydrogens is 274 g/mol. The Labute approximate surface area is 99.4 Å². The fraction of sp³-hybridized carbons (Fsp3) is 0. The van der Waals surface area contributed by atoms with E-state index in [1.807, 2.05) is 0 Å². The van der Waals surface area contributed by atoms with Crippen molar-refractivity contribution in [3.8, 4) is 0 Å². The van der Waals surface area contributed by atoms with Crippen LogP contribution in [0.2, 0.25) is 0 Å². The summed E-state index contributed by atoms with van der Waals surface area (Å²) >= 11 is 3.25. The van der Waals surface area contributed by atoms with E-state index >= 15 is 0 Å². The molecule has 0 spiro atoms. The maximum Gasteiger partial charge on any atom is 0.276 e. The molecule has 0 unspecified atom stereocenters. The number of aromatic nitrogens is 3. The van der Waals surface area contributed by atoms with Crippen LogP contribution in [-0.4, -0.2) is 21.1 Å². The fourth-order valence-corrected chi connectivity index (χ4v) is 1.34. The second kappa shape index (κ2) is 4.31. The van der Waals surface area contributed by atoms with Gasteiger partial charge in [-0.1, -0.05) is 0 Å². The number of nitrogen functional groups attached to an aromatic ring is 1. The number of pyridine rings is 1. The Hall–Kier alpha value is -1.89. The number of aromatic amines is 1. The molecule has 16 heavy (non-hydrogen) atoms. The van der Waals surface area contributed by atoms with Crippen LogP contribution in [-0.2, 0) is 0 Å². The largest absolute Gasteiger partial charge is 0.396 e. The van der Waals surface area contributed by atoms with E-state index in [-0.39, 0.29) is 11.6 Å². The topological polar surface area (TPSA) is 96.7 Å². The number of anilines is 2. The summed E-state index contributed by atoms with van der Waals surface area (Å²) in [5.41, 5.74) is 6.06. The summed E-state index contributed by atoms with van der Waals surface area (Å²) in [6.45, 7) is 0. The second-order valence-electron chi connectivity index (χ2n) is 3.02. The first-order chi connectivity index (χ1) is 7.66. The molecule has 0 aromatic carbocycles. The number of nitrogens with zero attached hydrogens (tertiary/aromatic N) is 2. The normalized spacial score (nSPS) is 10.1. The van der Waals surface area contributed by atoms with E-state index in [4.69, 9.17) is 5.73 Å². The monoisotopic (exact) mass is 281 g/mol. The first kappa shape index (κ1) is 10.6. The smallest absolute Gasteiger partial charge is 0.276 e. The lowest BCUT2D eigenvalue weighted by molar-refractivity contribution is 0.102. The lowest BCUT2D eigenvalue weighted by Crippen LogP contribution is -2.14. The third-order valence-corrected chi connectivity index (χ3v) is 2.33. The number of rotatable bonds is 2.